The lowest BCUT2D eigenvalue weighted by Crippen LogP contribution is -2.47. The maximum absolute atomic E-state index is 13.7. The van der Waals surface area contributed by atoms with E-state index in [1.54, 1.807) is 6.07 Å². The van der Waals surface area contributed by atoms with Crippen LogP contribution < -0.4 is 0 Å². The highest BCUT2D eigenvalue weighted by atomic mass is 19.1. The number of halogens is 1. The minimum Gasteiger partial charge on any atom is -0.384 e. The third kappa shape index (κ3) is 3.26. The molecule has 21 heavy (non-hydrogen) atoms. The first-order valence-electron chi connectivity index (χ1n) is 7.52. The minimum absolute atomic E-state index is 0.253. The molecule has 2 atom stereocenters. The molecule has 1 aromatic rings. The summed E-state index contributed by atoms with van der Waals surface area (Å²) >= 11 is 0. The average molecular weight is 289 g/mol. The molecule has 0 radical (unpaired) electrons. The molecule has 3 rings (SSSR count). The van der Waals surface area contributed by atoms with E-state index in [2.05, 4.69) is 16.7 Å². The summed E-state index contributed by atoms with van der Waals surface area (Å²) in [5.74, 6) is 4.84. The molecule has 2 aliphatic rings. The number of fused-ring (bicyclic) bond motifs is 1. The monoisotopic (exact) mass is 289 g/mol. The molecule has 0 bridgehead atoms. The molecule has 4 heteroatoms. The Morgan fingerprint density at radius 2 is 2.29 bits per heavy atom. The lowest BCUT2D eigenvalue weighted by Gasteiger charge is -2.37. The zero-order chi connectivity index (χ0) is 14.7. The molecule has 1 N–H and O–H groups in total. The van der Waals surface area contributed by atoms with Gasteiger partial charge in [-0.25, -0.2) is 4.39 Å². The van der Waals surface area contributed by atoms with E-state index in [-0.39, 0.29) is 12.4 Å². The molecule has 2 unspecified atom stereocenters. The zero-order valence-electron chi connectivity index (χ0n) is 12.0. The number of hydrogen-bond acceptors (Lipinski definition) is 3. The maximum atomic E-state index is 13.7. The summed E-state index contributed by atoms with van der Waals surface area (Å²) in [5.41, 5.74) is 1.42. The third-order valence-electron chi connectivity index (χ3n) is 4.32. The first kappa shape index (κ1) is 14.5. The van der Waals surface area contributed by atoms with E-state index in [1.807, 2.05) is 6.07 Å². The van der Waals surface area contributed by atoms with Gasteiger partial charge >= 0.3 is 0 Å². The number of benzene rings is 1. The molecular weight excluding hydrogens is 269 g/mol. The van der Waals surface area contributed by atoms with Crippen molar-refractivity contribution in [3.63, 3.8) is 0 Å². The molecule has 1 saturated carbocycles. The molecule has 0 aromatic heterocycles. The van der Waals surface area contributed by atoms with E-state index in [9.17, 15) is 4.39 Å². The van der Waals surface area contributed by atoms with Gasteiger partial charge in [-0.05, 0) is 37.0 Å². The van der Waals surface area contributed by atoms with Crippen molar-refractivity contribution in [2.75, 3.05) is 19.8 Å². The van der Waals surface area contributed by atoms with Gasteiger partial charge in [0.2, 0.25) is 0 Å². The molecule has 1 aliphatic heterocycles. The van der Waals surface area contributed by atoms with Gasteiger partial charge in [0, 0.05) is 19.1 Å². The van der Waals surface area contributed by atoms with Crippen LogP contribution in [0.2, 0.25) is 0 Å². The summed E-state index contributed by atoms with van der Waals surface area (Å²) in [6.45, 7) is 2.26. The second kappa shape index (κ2) is 6.57. The summed E-state index contributed by atoms with van der Waals surface area (Å²) in [6.07, 6.45) is 3.93. The van der Waals surface area contributed by atoms with Crippen molar-refractivity contribution in [3.8, 4) is 11.8 Å². The molecule has 1 saturated heterocycles. The first-order valence-corrected chi connectivity index (χ1v) is 7.52. The highest BCUT2D eigenvalue weighted by Crippen LogP contribution is 2.30. The normalized spacial score (nSPS) is 25.2. The van der Waals surface area contributed by atoms with E-state index < -0.39 is 0 Å². The summed E-state index contributed by atoms with van der Waals surface area (Å²) in [7, 11) is 0. The fourth-order valence-electron chi connectivity index (χ4n) is 3.34. The van der Waals surface area contributed by atoms with Crippen molar-refractivity contribution in [1.82, 2.24) is 4.90 Å². The van der Waals surface area contributed by atoms with Crippen LogP contribution in [0.1, 0.15) is 30.4 Å². The number of nitrogens with zero attached hydrogens (tertiary/aromatic N) is 1. The van der Waals surface area contributed by atoms with Crippen molar-refractivity contribution in [2.24, 2.45) is 0 Å². The molecule has 112 valence electrons. The Balaban J connectivity index is 1.75. The number of hydrogen-bond donors (Lipinski definition) is 1. The Morgan fingerprint density at radius 1 is 1.38 bits per heavy atom. The fraction of sp³-hybridized carbons (Fsp3) is 0.529. The first-order chi connectivity index (χ1) is 10.3. The van der Waals surface area contributed by atoms with Crippen LogP contribution in [0.5, 0.6) is 0 Å². The van der Waals surface area contributed by atoms with Gasteiger partial charge in [-0.15, -0.1) is 0 Å². The molecule has 3 nitrogen and oxygen atoms in total. The van der Waals surface area contributed by atoms with Crippen LogP contribution in [0, 0.1) is 17.7 Å². The highest BCUT2D eigenvalue weighted by molar-refractivity contribution is 5.38. The lowest BCUT2D eigenvalue weighted by molar-refractivity contribution is -0.0588. The Kier molecular flexibility index (Phi) is 4.54. The van der Waals surface area contributed by atoms with Crippen molar-refractivity contribution in [3.05, 3.63) is 35.1 Å². The summed E-state index contributed by atoms with van der Waals surface area (Å²) in [4.78, 5) is 2.44. The van der Waals surface area contributed by atoms with Crippen LogP contribution in [0.15, 0.2) is 18.2 Å². The summed E-state index contributed by atoms with van der Waals surface area (Å²) in [6, 6.07) is 5.57. The SMILES string of the molecule is OCC#Cc1cc(CN2CCOC3CCCC32)ccc1F. The predicted octanol–water partition coefficient (Wildman–Crippen LogP) is 1.92. The fourth-order valence-corrected chi connectivity index (χ4v) is 3.34. The standard InChI is InChI=1S/C17H20FNO2/c18-15-7-6-13(11-14(15)3-2-9-20)12-19-8-10-21-17-5-1-4-16(17)19/h6-7,11,16-17,20H,1,4-5,8-10,12H2. The van der Waals surface area contributed by atoms with Gasteiger partial charge in [0.15, 0.2) is 0 Å². The number of rotatable bonds is 2. The number of morpholine rings is 1. The highest BCUT2D eigenvalue weighted by Gasteiger charge is 2.35. The van der Waals surface area contributed by atoms with Gasteiger partial charge in [0.25, 0.3) is 0 Å². The quantitative estimate of drug-likeness (QED) is 0.844. The summed E-state index contributed by atoms with van der Waals surface area (Å²) < 4.78 is 19.5. The molecule has 1 aromatic carbocycles. The van der Waals surface area contributed by atoms with Gasteiger partial charge in [0.05, 0.1) is 18.3 Å². The number of aliphatic hydroxyl groups excluding tert-OH is 1. The molecule has 2 fully saturated rings. The maximum Gasteiger partial charge on any atom is 0.138 e. The van der Waals surface area contributed by atoms with Crippen LogP contribution in [-0.2, 0) is 11.3 Å². The Morgan fingerprint density at radius 3 is 3.14 bits per heavy atom. The largest absolute Gasteiger partial charge is 0.384 e. The van der Waals surface area contributed by atoms with Gasteiger partial charge in [-0.3, -0.25) is 4.90 Å². The Hall–Kier alpha value is -1.41. The Labute approximate surface area is 124 Å². The molecular formula is C17H20FNO2. The smallest absolute Gasteiger partial charge is 0.138 e. The van der Waals surface area contributed by atoms with E-state index in [4.69, 9.17) is 9.84 Å². The van der Waals surface area contributed by atoms with Crippen LogP contribution >= 0.6 is 0 Å². The number of aliphatic hydroxyl groups is 1. The van der Waals surface area contributed by atoms with E-state index in [1.165, 1.54) is 18.9 Å². The van der Waals surface area contributed by atoms with E-state index in [0.29, 0.717) is 17.7 Å². The second-order valence-corrected chi connectivity index (χ2v) is 5.65. The van der Waals surface area contributed by atoms with Crippen molar-refractivity contribution in [1.29, 1.82) is 0 Å². The Bertz CT molecular complexity index is 564. The average Bonchev–Trinajstić information content (AvgIpc) is 2.97. The van der Waals surface area contributed by atoms with Gasteiger partial charge in [-0.1, -0.05) is 17.9 Å². The summed E-state index contributed by atoms with van der Waals surface area (Å²) in [5, 5.41) is 8.73. The van der Waals surface area contributed by atoms with Crippen LogP contribution in [0.25, 0.3) is 0 Å². The second-order valence-electron chi connectivity index (χ2n) is 5.65. The minimum atomic E-state index is -0.333. The van der Waals surface area contributed by atoms with Crippen molar-refractivity contribution < 1.29 is 14.2 Å². The van der Waals surface area contributed by atoms with E-state index in [0.717, 1.165) is 31.7 Å². The van der Waals surface area contributed by atoms with Crippen molar-refractivity contribution >= 4 is 0 Å². The molecule has 1 heterocycles. The van der Waals surface area contributed by atoms with Crippen molar-refractivity contribution in [2.45, 2.75) is 38.0 Å². The van der Waals surface area contributed by atoms with Gasteiger partial charge in [0.1, 0.15) is 12.4 Å². The molecule has 0 spiro atoms. The number of ether oxygens (including phenoxy) is 1. The van der Waals surface area contributed by atoms with E-state index >= 15 is 0 Å². The van der Waals surface area contributed by atoms with Crippen LogP contribution in [0.4, 0.5) is 4.39 Å². The lowest BCUT2D eigenvalue weighted by atomic mass is 10.1. The predicted molar refractivity (Wildman–Crippen MR) is 78.2 cm³/mol. The van der Waals surface area contributed by atoms with Crippen LogP contribution in [-0.4, -0.2) is 41.9 Å². The topological polar surface area (TPSA) is 32.7 Å². The third-order valence-corrected chi connectivity index (χ3v) is 4.32. The molecule has 0 amide bonds. The zero-order valence-corrected chi connectivity index (χ0v) is 12.0. The van der Waals surface area contributed by atoms with Crippen LogP contribution in [0.3, 0.4) is 0 Å². The van der Waals surface area contributed by atoms with Gasteiger partial charge in [-0.2, -0.15) is 0 Å². The molecule has 1 aliphatic carbocycles. The van der Waals surface area contributed by atoms with Gasteiger partial charge < -0.3 is 9.84 Å².